The van der Waals surface area contributed by atoms with Crippen LogP contribution in [0.4, 0.5) is 5.82 Å². The number of nitrogens with one attached hydrogen (secondary N) is 1. The first-order valence-corrected chi connectivity index (χ1v) is 11.3. The molecule has 0 amide bonds. The second-order valence-corrected chi connectivity index (χ2v) is 7.93. The molecule has 1 unspecified atom stereocenters. The highest BCUT2D eigenvalue weighted by atomic mass is 16.5. The second kappa shape index (κ2) is 11.1. The van der Waals surface area contributed by atoms with Gasteiger partial charge < -0.3 is 10.1 Å². The lowest BCUT2D eigenvalue weighted by Crippen LogP contribution is -2.12. The van der Waals surface area contributed by atoms with Crippen LogP contribution < -0.4 is 10.1 Å². The standard InChI is InChI=1S/C27H27N5O2/c1-3-6-23(21-7-4-11-28-15-21)31-27-18-30-17-24(32-27)19-9-10-20(26(14-19)34-2)13-25(33)22-8-5-12-29-16-22/h4-5,7-12,14-18,23H,3,6,13H2,1-2H3,(H,31,32). The van der Waals surface area contributed by atoms with E-state index in [4.69, 9.17) is 9.72 Å². The number of nitrogens with zero attached hydrogens (tertiary/aromatic N) is 4. The Morgan fingerprint density at radius 2 is 1.82 bits per heavy atom. The Labute approximate surface area is 199 Å². The van der Waals surface area contributed by atoms with Gasteiger partial charge in [0, 0.05) is 47.9 Å². The highest BCUT2D eigenvalue weighted by Gasteiger charge is 2.15. The van der Waals surface area contributed by atoms with Gasteiger partial charge in [-0.2, -0.15) is 0 Å². The number of hydrogen-bond donors (Lipinski definition) is 1. The molecule has 4 aromatic rings. The van der Waals surface area contributed by atoms with E-state index in [9.17, 15) is 4.79 Å². The van der Waals surface area contributed by atoms with Gasteiger partial charge in [-0.3, -0.25) is 19.7 Å². The summed E-state index contributed by atoms with van der Waals surface area (Å²) < 4.78 is 5.59. The minimum atomic E-state index is -0.0116. The fraction of sp³-hybridized carbons (Fsp3) is 0.222. The molecule has 7 nitrogen and oxygen atoms in total. The maximum absolute atomic E-state index is 12.6. The van der Waals surface area contributed by atoms with Crippen molar-refractivity contribution in [1.82, 2.24) is 19.9 Å². The number of pyridine rings is 2. The zero-order valence-electron chi connectivity index (χ0n) is 19.3. The van der Waals surface area contributed by atoms with E-state index in [-0.39, 0.29) is 18.2 Å². The number of ether oxygens (including phenoxy) is 1. The maximum atomic E-state index is 12.6. The number of methoxy groups -OCH3 is 1. The minimum Gasteiger partial charge on any atom is -0.496 e. The predicted octanol–water partition coefficient (Wildman–Crippen LogP) is 5.32. The summed E-state index contributed by atoms with van der Waals surface area (Å²) >= 11 is 0. The molecule has 0 bridgehead atoms. The molecule has 0 aliphatic carbocycles. The molecule has 1 aromatic carbocycles. The number of hydrogen-bond acceptors (Lipinski definition) is 7. The molecule has 1 atom stereocenters. The molecule has 0 aliphatic rings. The number of aromatic nitrogens is 4. The van der Waals surface area contributed by atoms with Crippen LogP contribution in [0.5, 0.6) is 5.75 Å². The first-order chi connectivity index (χ1) is 16.7. The molecule has 0 spiro atoms. The van der Waals surface area contributed by atoms with Crippen LogP contribution in [-0.4, -0.2) is 32.8 Å². The summed E-state index contributed by atoms with van der Waals surface area (Å²) in [6, 6.07) is 13.4. The van der Waals surface area contributed by atoms with E-state index in [1.165, 1.54) is 0 Å². The highest BCUT2D eigenvalue weighted by molar-refractivity contribution is 5.97. The van der Waals surface area contributed by atoms with Crippen molar-refractivity contribution in [3.63, 3.8) is 0 Å². The normalized spacial score (nSPS) is 11.6. The number of benzene rings is 1. The molecule has 7 heteroatoms. The van der Waals surface area contributed by atoms with Crippen LogP contribution in [-0.2, 0) is 6.42 Å². The molecule has 0 radical (unpaired) electrons. The second-order valence-electron chi connectivity index (χ2n) is 7.93. The largest absolute Gasteiger partial charge is 0.496 e. The number of carbonyl (C=O) groups is 1. The Morgan fingerprint density at radius 1 is 1.00 bits per heavy atom. The van der Waals surface area contributed by atoms with Gasteiger partial charge in [-0.05, 0) is 36.2 Å². The van der Waals surface area contributed by atoms with Gasteiger partial charge in [0.25, 0.3) is 0 Å². The Hall–Kier alpha value is -4.13. The summed E-state index contributed by atoms with van der Waals surface area (Å²) in [5.41, 5.74) is 4.07. The van der Waals surface area contributed by atoms with Crippen molar-refractivity contribution < 1.29 is 9.53 Å². The summed E-state index contributed by atoms with van der Waals surface area (Å²) in [6.45, 7) is 2.15. The smallest absolute Gasteiger partial charge is 0.168 e. The summed E-state index contributed by atoms with van der Waals surface area (Å²) in [4.78, 5) is 30.1. The van der Waals surface area contributed by atoms with E-state index in [0.29, 0.717) is 17.1 Å². The average molecular weight is 454 g/mol. The Balaban J connectivity index is 1.55. The van der Waals surface area contributed by atoms with E-state index >= 15 is 0 Å². The van der Waals surface area contributed by atoms with Crippen molar-refractivity contribution in [2.45, 2.75) is 32.2 Å². The number of anilines is 1. The van der Waals surface area contributed by atoms with E-state index in [1.54, 1.807) is 50.2 Å². The zero-order chi connectivity index (χ0) is 23.8. The number of Topliss-reactive ketones (excluding diaryl/α,β-unsaturated/α-hetero) is 1. The van der Waals surface area contributed by atoms with Crippen LogP contribution in [0.3, 0.4) is 0 Å². The van der Waals surface area contributed by atoms with Crippen LogP contribution in [0, 0.1) is 0 Å². The topological polar surface area (TPSA) is 89.9 Å². The maximum Gasteiger partial charge on any atom is 0.168 e. The highest BCUT2D eigenvalue weighted by Crippen LogP contribution is 2.29. The van der Waals surface area contributed by atoms with Gasteiger partial charge in [-0.1, -0.05) is 31.5 Å². The Kier molecular flexibility index (Phi) is 7.55. The first-order valence-electron chi connectivity index (χ1n) is 11.3. The molecule has 0 aliphatic heterocycles. The third-order valence-corrected chi connectivity index (χ3v) is 5.54. The van der Waals surface area contributed by atoms with Gasteiger partial charge in [-0.25, -0.2) is 4.98 Å². The fourth-order valence-electron chi connectivity index (χ4n) is 3.80. The lowest BCUT2D eigenvalue weighted by Gasteiger charge is -2.19. The van der Waals surface area contributed by atoms with Crippen molar-refractivity contribution in [3.05, 3.63) is 96.3 Å². The van der Waals surface area contributed by atoms with Gasteiger partial charge >= 0.3 is 0 Å². The van der Waals surface area contributed by atoms with Crippen LogP contribution in [0.1, 0.15) is 47.3 Å². The summed E-state index contributed by atoms with van der Waals surface area (Å²) in [5, 5.41) is 3.50. The van der Waals surface area contributed by atoms with Crippen LogP contribution >= 0.6 is 0 Å². The lowest BCUT2D eigenvalue weighted by molar-refractivity contribution is 0.0991. The average Bonchev–Trinajstić information content (AvgIpc) is 2.90. The minimum absolute atomic E-state index is 0.0116. The summed E-state index contributed by atoms with van der Waals surface area (Å²) in [5.74, 6) is 1.31. The zero-order valence-corrected chi connectivity index (χ0v) is 19.3. The third kappa shape index (κ3) is 5.61. The molecule has 4 rings (SSSR count). The molecule has 0 saturated carbocycles. The molecule has 0 fully saturated rings. The van der Waals surface area contributed by atoms with Crippen molar-refractivity contribution in [2.75, 3.05) is 12.4 Å². The SMILES string of the molecule is CCCC(Nc1cncc(-c2ccc(CC(=O)c3cccnc3)c(OC)c2)n1)c1cccnc1. The van der Waals surface area contributed by atoms with Crippen molar-refractivity contribution >= 4 is 11.6 Å². The predicted molar refractivity (Wildman–Crippen MR) is 132 cm³/mol. The summed E-state index contributed by atoms with van der Waals surface area (Å²) in [6.07, 6.45) is 12.5. The molecule has 172 valence electrons. The summed E-state index contributed by atoms with van der Waals surface area (Å²) in [7, 11) is 1.60. The van der Waals surface area contributed by atoms with Gasteiger partial charge in [-0.15, -0.1) is 0 Å². The number of ketones is 1. The van der Waals surface area contributed by atoms with Gasteiger partial charge in [0.2, 0.25) is 0 Å². The monoisotopic (exact) mass is 453 g/mol. The number of rotatable bonds is 10. The Bertz CT molecular complexity index is 1230. The molecule has 3 aromatic heterocycles. The Morgan fingerprint density at radius 3 is 2.53 bits per heavy atom. The van der Waals surface area contributed by atoms with E-state index < -0.39 is 0 Å². The molecule has 34 heavy (non-hydrogen) atoms. The fourth-order valence-corrected chi connectivity index (χ4v) is 3.80. The van der Waals surface area contributed by atoms with Crippen LogP contribution in [0.2, 0.25) is 0 Å². The molecule has 3 heterocycles. The quantitative estimate of drug-likeness (QED) is 0.325. The van der Waals surface area contributed by atoms with Crippen molar-refractivity contribution in [2.24, 2.45) is 0 Å². The van der Waals surface area contributed by atoms with E-state index in [1.807, 2.05) is 30.5 Å². The van der Waals surface area contributed by atoms with Gasteiger partial charge in [0.15, 0.2) is 5.78 Å². The van der Waals surface area contributed by atoms with E-state index in [0.717, 1.165) is 35.2 Å². The van der Waals surface area contributed by atoms with E-state index in [2.05, 4.69) is 33.3 Å². The van der Waals surface area contributed by atoms with Crippen LogP contribution in [0.15, 0.2) is 79.6 Å². The number of carbonyl (C=O) groups excluding carboxylic acids is 1. The van der Waals surface area contributed by atoms with Gasteiger partial charge in [0.1, 0.15) is 11.6 Å². The van der Waals surface area contributed by atoms with Crippen molar-refractivity contribution in [1.29, 1.82) is 0 Å². The molecule has 0 saturated heterocycles. The molecular weight excluding hydrogens is 426 g/mol. The van der Waals surface area contributed by atoms with Crippen LogP contribution in [0.25, 0.3) is 11.3 Å². The third-order valence-electron chi connectivity index (χ3n) is 5.54. The molecular formula is C27H27N5O2. The van der Waals surface area contributed by atoms with Gasteiger partial charge in [0.05, 0.1) is 31.2 Å². The first kappa shape index (κ1) is 23.0. The van der Waals surface area contributed by atoms with Crippen molar-refractivity contribution in [3.8, 4) is 17.0 Å². The lowest BCUT2D eigenvalue weighted by atomic mass is 10.0. The molecule has 1 N–H and O–H groups in total.